The molecule has 0 N–H and O–H groups in total. The number of unbranched alkanes of at least 4 members (excludes halogenated alkanes) is 3. The number of hydrogen-bond donors (Lipinski definition) is 0. The zero-order valence-corrected chi connectivity index (χ0v) is 7.53. The predicted molar refractivity (Wildman–Crippen MR) is 49.8 cm³/mol. The summed E-state index contributed by atoms with van der Waals surface area (Å²) in [7, 11) is 2.44. The lowest BCUT2D eigenvalue weighted by atomic mass is 9.68. The van der Waals surface area contributed by atoms with Gasteiger partial charge in [-0.05, 0) is 0 Å². The molecule has 0 aliphatic heterocycles. The fourth-order valence-electron chi connectivity index (χ4n) is 1.03. The Balaban J connectivity index is 2.65. The van der Waals surface area contributed by atoms with Crippen LogP contribution >= 0.6 is 0 Å². The second kappa shape index (κ2) is 9.06. The molecule has 0 fully saturated rings. The Labute approximate surface area is 66.6 Å². The third-order valence-corrected chi connectivity index (χ3v) is 1.77. The molecular formula is C9H20B. The summed E-state index contributed by atoms with van der Waals surface area (Å²) in [5.74, 6) is 0. The lowest BCUT2D eigenvalue weighted by Gasteiger charge is -1.96. The van der Waals surface area contributed by atoms with Crippen LogP contribution in [0.25, 0.3) is 0 Å². The summed E-state index contributed by atoms with van der Waals surface area (Å²) < 4.78 is 0. The van der Waals surface area contributed by atoms with Crippen LogP contribution in [0.15, 0.2) is 0 Å². The molecule has 0 saturated carbocycles. The van der Waals surface area contributed by atoms with Gasteiger partial charge in [-0.25, -0.2) is 0 Å². The molecule has 0 amide bonds. The van der Waals surface area contributed by atoms with Crippen LogP contribution in [0.4, 0.5) is 0 Å². The van der Waals surface area contributed by atoms with Gasteiger partial charge in [-0.1, -0.05) is 58.6 Å². The van der Waals surface area contributed by atoms with Gasteiger partial charge in [0.1, 0.15) is 7.28 Å². The average Bonchev–Trinajstić information content (AvgIpc) is 1.97. The molecule has 0 heterocycles. The molecule has 0 aliphatic rings. The van der Waals surface area contributed by atoms with E-state index in [1.807, 2.05) is 0 Å². The van der Waals surface area contributed by atoms with Gasteiger partial charge in [0.05, 0.1) is 0 Å². The van der Waals surface area contributed by atoms with Gasteiger partial charge in [-0.3, -0.25) is 0 Å². The minimum Gasteiger partial charge on any atom is -0.0803 e. The zero-order chi connectivity index (χ0) is 7.66. The van der Waals surface area contributed by atoms with Crippen molar-refractivity contribution in [2.75, 3.05) is 0 Å². The van der Waals surface area contributed by atoms with E-state index in [1.165, 1.54) is 44.7 Å². The van der Waals surface area contributed by atoms with Crippen molar-refractivity contribution >= 4 is 7.28 Å². The van der Waals surface area contributed by atoms with Crippen molar-refractivity contribution in [3.63, 3.8) is 0 Å². The average molecular weight is 139 g/mol. The fraction of sp³-hybridized carbons (Fsp3) is 1.00. The third-order valence-electron chi connectivity index (χ3n) is 1.77. The van der Waals surface area contributed by atoms with Gasteiger partial charge in [0, 0.05) is 0 Å². The van der Waals surface area contributed by atoms with Crippen molar-refractivity contribution in [3.05, 3.63) is 0 Å². The normalized spacial score (nSPS) is 9.80. The van der Waals surface area contributed by atoms with Crippen molar-refractivity contribution in [3.8, 4) is 0 Å². The van der Waals surface area contributed by atoms with Gasteiger partial charge < -0.3 is 0 Å². The van der Waals surface area contributed by atoms with Crippen molar-refractivity contribution in [2.24, 2.45) is 0 Å². The molecule has 10 heavy (non-hydrogen) atoms. The lowest BCUT2D eigenvalue weighted by molar-refractivity contribution is 0.765. The van der Waals surface area contributed by atoms with Gasteiger partial charge in [0.15, 0.2) is 0 Å². The third kappa shape index (κ3) is 8.06. The smallest absolute Gasteiger partial charge is 0.0803 e. The molecule has 0 aromatic rings. The zero-order valence-electron chi connectivity index (χ0n) is 7.53. The molecule has 0 aliphatic carbocycles. The Kier molecular flexibility index (Phi) is 9.12. The van der Waals surface area contributed by atoms with Crippen LogP contribution in [0.1, 0.15) is 46.0 Å². The van der Waals surface area contributed by atoms with Crippen molar-refractivity contribution in [1.82, 2.24) is 0 Å². The first kappa shape index (κ1) is 10.1. The SMILES string of the molecule is CCCC[B]CCCCC. The summed E-state index contributed by atoms with van der Waals surface area (Å²) in [6, 6.07) is 0. The van der Waals surface area contributed by atoms with Crippen LogP contribution in [-0.4, -0.2) is 7.28 Å². The summed E-state index contributed by atoms with van der Waals surface area (Å²) in [4.78, 5) is 0. The van der Waals surface area contributed by atoms with E-state index in [0.29, 0.717) is 0 Å². The first-order valence-corrected chi connectivity index (χ1v) is 4.73. The molecule has 0 aromatic heterocycles. The Morgan fingerprint density at radius 2 is 1.40 bits per heavy atom. The minimum absolute atomic E-state index is 1.33. The van der Waals surface area contributed by atoms with E-state index < -0.39 is 0 Å². The summed E-state index contributed by atoms with van der Waals surface area (Å²) >= 11 is 0. The van der Waals surface area contributed by atoms with Crippen LogP contribution in [0.5, 0.6) is 0 Å². The first-order valence-electron chi connectivity index (χ1n) is 4.73. The van der Waals surface area contributed by atoms with Gasteiger partial charge in [0.25, 0.3) is 0 Å². The highest BCUT2D eigenvalue weighted by molar-refractivity contribution is 6.35. The summed E-state index contributed by atoms with van der Waals surface area (Å²) in [5, 5.41) is 0. The van der Waals surface area contributed by atoms with E-state index >= 15 is 0 Å². The lowest BCUT2D eigenvalue weighted by Crippen LogP contribution is -1.88. The Hall–Kier alpha value is 0.0649. The van der Waals surface area contributed by atoms with Crippen LogP contribution in [0.3, 0.4) is 0 Å². The summed E-state index contributed by atoms with van der Waals surface area (Å²) in [6.07, 6.45) is 9.55. The second-order valence-electron chi connectivity index (χ2n) is 2.93. The quantitative estimate of drug-likeness (QED) is 0.374. The van der Waals surface area contributed by atoms with Crippen LogP contribution in [0, 0.1) is 0 Å². The standard InChI is InChI=1S/C9H20B/c1-3-5-7-9-10-8-6-4-2/h3-9H2,1-2H3. The van der Waals surface area contributed by atoms with E-state index in [0.717, 1.165) is 0 Å². The van der Waals surface area contributed by atoms with Gasteiger partial charge in [-0.2, -0.15) is 0 Å². The van der Waals surface area contributed by atoms with E-state index in [9.17, 15) is 0 Å². The van der Waals surface area contributed by atoms with Gasteiger partial charge >= 0.3 is 0 Å². The van der Waals surface area contributed by atoms with Crippen molar-refractivity contribution < 1.29 is 0 Å². The Bertz CT molecular complexity index is 44.7. The van der Waals surface area contributed by atoms with Crippen molar-refractivity contribution in [1.29, 1.82) is 0 Å². The Morgan fingerprint density at radius 1 is 0.800 bits per heavy atom. The molecular weight excluding hydrogens is 119 g/mol. The molecule has 1 heteroatoms. The highest BCUT2D eigenvalue weighted by Gasteiger charge is 1.89. The second-order valence-corrected chi connectivity index (χ2v) is 2.93. The van der Waals surface area contributed by atoms with Gasteiger partial charge in [0.2, 0.25) is 0 Å². The highest BCUT2D eigenvalue weighted by Crippen LogP contribution is 2.02. The van der Waals surface area contributed by atoms with Crippen LogP contribution < -0.4 is 0 Å². The molecule has 1 radical (unpaired) electrons. The molecule has 0 aromatic carbocycles. The topological polar surface area (TPSA) is 0 Å². The van der Waals surface area contributed by atoms with Gasteiger partial charge in [-0.15, -0.1) is 0 Å². The number of rotatable bonds is 7. The maximum atomic E-state index is 2.44. The first-order chi connectivity index (χ1) is 4.91. The Morgan fingerprint density at radius 3 is 2.00 bits per heavy atom. The van der Waals surface area contributed by atoms with Crippen molar-refractivity contribution in [2.45, 2.75) is 58.6 Å². The molecule has 0 saturated heterocycles. The molecule has 0 nitrogen and oxygen atoms in total. The molecule has 0 atom stereocenters. The van der Waals surface area contributed by atoms with E-state index in [1.54, 1.807) is 0 Å². The maximum Gasteiger partial charge on any atom is 0.109 e. The van der Waals surface area contributed by atoms with Crippen LogP contribution in [-0.2, 0) is 0 Å². The maximum absolute atomic E-state index is 2.44. The molecule has 0 bridgehead atoms. The van der Waals surface area contributed by atoms with Crippen LogP contribution in [0.2, 0.25) is 12.6 Å². The molecule has 0 rings (SSSR count). The van der Waals surface area contributed by atoms with E-state index in [2.05, 4.69) is 21.1 Å². The highest BCUT2D eigenvalue weighted by atomic mass is 13.8. The molecule has 0 unspecified atom stereocenters. The number of hydrogen-bond acceptors (Lipinski definition) is 0. The fourth-order valence-corrected chi connectivity index (χ4v) is 1.03. The summed E-state index contributed by atoms with van der Waals surface area (Å²) in [6.45, 7) is 4.51. The molecule has 59 valence electrons. The largest absolute Gasteiger partial charge is 0.109 e. The minimum atomic E-state index is 1.33. The monoisotopic (exact) mass is 139 g/mol. The van der Waals surface area contributed by atoms with E-state index in [4.69, 9.17) is 0 Å². The van der Waals surface area contributed by atoms with E-state index in [-0.39, 0.29) is 0 Å². The summed E-state index contributed by atoms with van der Waals surface area (Å²) in [5.41, 5.74) is 0. The predicted octanol–water partition coefficient (Wildman–Crippen LogP) is 3.52. The molecule has 0 spiro atoms.